The summed E-state index contributed by atoms with van der Waals surface area (Å²) in [5.41, 5.74) is 10.4. The quantitative estimate of drug-likeness (QED) is 0.335. The molecule has 2 aromatic heterocycles. The van der Waals surface area contributed by atoms with Crippen molar-refractivity contribution < 1.29 is 14.5 Å². The molecule has 2 heterocycles. The van der Waals surface area contributed by atoms with Crippen molar-refractivity contribution in [2.24, 2.45) is 5.10 Å². The Morgan fingerprint density at radius 1 is 1.17 bits per heavy atom. The molecule has 0 radical (unpaired) electrons. The minimum Gasteiger partial charge on any atom is -0.508 e. The first-order chi connectivity index (χ1) is 14.5. The molecule has 4 N–H and O–H groups in total. The molecule has 0 saturated heterocycles. The number of hydrazone groups is 1. The minimum atomic E-state index is -0.597. The summed E-state index contributed by atoms with van der Waals surface area (Å²) in [7, 11) is 0. The van der Waals surface area contributed by atoms with E-state index < -0.39 is 5.91 Å². The van der Waals surface area contributed by atoms with Crippen LogP contribution in [0.3, 0.4) is 0 Å². The first kappa shape index (κ1) is 18.8. The van der Waals surface area contributed by atoms with E-state index in [9.17, 15) is 9.90 Å². The van der Waals surface area contributed by atoms with Crippen LogP contribution in [0.1, 0.15) is 23.0 Å². The van der Waals surface area contributed by atoms with Gasteiger partial charge >= 0.3 is 0 Å². The van der Waals surface area contributed by atoms with E-state index in [1.165, 1.54) is 6.07 Å². The Hall–Kier alpha value is -4.54. The Balaban J connectivity index is 1.73. The topological polar surface area (TPSA) is 157 Å². The van der Waals surface area contributed by atoms with Gasteiger partial charge in [0.25, 0.3) is 5.91 Å². The van der Waals surface area contributed by atoms with E-state index >= 15 is 0 Å². The lowest BCUT2D eigenvalue weighted by Crippen LogP contribution is -2.23. The Kier molecular flexibility index (Phi) is 4.91. The third-order valence-corrected chi connectivity index (χ3v) is 4.22. The number of aromatic hydroxyl groups is 1. The molecule has 2 aromatic carbocycles. The van der Waals surface area contributed by atoms with Crippen molar-refractivity contribution in [2.75, 3.05) is 5.73 Å². The van der Waals surface area contributed by atoms with Crippen molar-refractivity contribution in [2.45, 2.75) is 6.92 Å². The lowest BCUT2D eigenvalue weighted by molar-refractivity contribution is 0.0947. The lowest BCUT2D eigenvalue weighted by Gasteiger charge is -2.06. The molecular formula is C19H16N8O3. The summed E-state index contributed by atoms with van der Waals surface area (Å²) in [6.07, 6.45) is 0. The molecule has 0 bridgehead atoms. The molecule has 0 aliphatic carbocycles. The highest BCUT2D eigenvalue weighted by Gasteiger charge is 2.25. The zero-order chi connectivity index (χ0) is 21.1. The molecule has 11 nitrogen and oxygen atoms in total. The molecule has 150 valence electrons. The number of amides is 1. The number of carbonyl (C=O) groups is 1. The molecule has 0 atom stereocenters. The van der Waals surface area contributed by atoms with Crippen LogP contribution in [0.4, 0.5) is 5.82 Å². The number of rotatable bonds is 5. The van der Waals surface area contributed by atoms with Gasteiger partial charge in [0.05, 0.1) is 5.71 Å². The summed E-state index contributed by atoms with van der Waals surface area (Å²) >= 11 is 0. The maximum absolute atomic E-state index is 13.0. The highest BCUT2D eigenvalue weighted by Crippen LogP contribution is 2.24. The summed E-state index contributed by atoms with van der Waals surface area (Å²) in [6.45, 7) is 1.70. The minimum absolute atomic E-state index is 0.0310. The van der Waals surface area contributed by atoms with Gasteiger partial charge in [0.1, 0.15) is 11.4 Å². The Labute approximate surface area is 169 Å². The predicted octanol–water partition coefficient (Wildman–Crippen LogP) is 1.76. The number of nitrogens with two attached hydrogens (primary N) is 1. The Bertz CT molecular complexity index is 1230. The number of phenols is 1. The highest BCUT2D eigenvalue weighted by molar-refractivity contribution is 6.02. The molecule has 1 amide bonds. The Morgan fingerprint density at radius 3 is 2.67 bits per heavy atom. The number of anilines is 1. The van der Waals surface area contributed by atoms with Crippen LogP contribution in [-0.4, -0.2) is 42.0 Å². The van der Waals surface area contributed by atoms with Crippen LogP contribution >= 0.6 is 0 Å². The monoisotopic (exact) mass is 404 g/mol. The second kappa shape index (κ2) is 7.83. The molecule has 0 aliphatic heterocycles. The van der Waals surface area contributed by atoms with Gasteiger partial charge in [-0.3, -0.25) is 4.79 Å². The molecule has 11 heteroatoms. The van der Waals surface area contributed by atoms with E-state index in [0.717, 1.165) is 4.68 Å². The van der Waals surface area contributed by atoms with E-state index in [4.69, 9.17) is 5.73 Å². The molecule has 4 rings (SSSR count). The summed E-state index contributed by atoms with van der Waals surface area (Å²) in [5, 5.41) is 29.1. The fraction of sp³-hybridized carbons (Fsp3) is 0.0526. The average molecular weight is 404 g/mol. The molecule has 0 fully saturated rings. The van der Waals surface area contributed by atoms with Crippen molar-refractivity contribution in [3.63, 3.8) is 0 Å². The summed E-state index contributed by atoms with van der Waals surface area (Å²) in [5.74, 6) is -0.520. The van der Waals surface area contributed by atoms with Gasteiger partial charge in [-0.15, -0.1) is 5.10 Å². The Morgan fingerprint density at radius 2 is 1.97 bits per heavy atom. The van der Waals surface area contributed by atoms with Gasteiger partial charge in [0.2, 0.25) is 11.6 Å². The van der Waals surface area contributed by atoms with Crippen molar-refractivity contribution in [1.82, 2.24) is 30.7 Å². The maximum Gasteiger partial charge on any atom is 0.292 e. The van der Waals surface area contributed by atoms with Crippen molar-refractivity contribution >= 4 is 17.4 Å². The smallest absolute Gasteiger partial charge is 0.292 e. The average Bonchev–Trinajstić information content (AvgIpc) is 3.38. The van der Waals surface area contributed by atoms with Crippen LogP contribution in [0.15, 0.2) is 64.3 Å². The van der Waals surface area contributed by atoms with Gasteiger partial charge in [0.15, 0.2) is 5.69 Å². The predicted molar refractivity (Wildman–Crippen MR) is 107 cm³/mol. The van der Waals surface area contributed by atoms with Gasteiger partial charge in [-0.2, -0.15) is 9.78 Å². The zero-order valence-electron chi connectivity index (χ0n) is 15.7. The van der Waals surface area contributed by atoms with Crippen LogP contribution in [-0.2, 0) is 0 Å². The van der Waals surface area contributed by atoms with Gasteiger partial charge in [0, 0.05) is 11.1 Å². The van der Waals surface area contributed by atoms with E-state index in [2.05, 4.69) is 35.8 Å². The van der Waals surface area contributed by atoms with Crippen LogP contribution in [0, 0.1) is 0 Å². The van der Waals surface area contributed by atoms with Gasteiger partial charge in [-0.25, -0.2) is 10.1 Å². The third-order valence-electron chi connectivity index (χ3n) is 4.22. The van der Waals surface area contributed by atoms with E-state index in [1.807, 2.05) is 18.2 Å². The summed E-state index contributed by atoms with van der Waals surface area (Å²) in [6, 6.07) is 15.6. The lowest BCUT2D eigenvalue weighted by atomic mass is 10.1. The second-order valence-corrected chi connectivity index (χ2v) is 6.23. The van der Waals surface area contributed by atoms with Crippen molar-refractivity contribution in [1.29, 1.82) is 0 Å². The summed E-state index contributed by atoms with van der Waals surface area (Å²) < 4.78 is 5.76. The standard InChI is InChI=1S/C19H16N8O3/c1-11(13-8-5-9-14(28)10-13)21-23-19(29)16-15(12-6-3-2-4-7-12)22-26-27(16)18-17(20)24-30-25-18/h2-10,28H,1H3,(H2,20,24)(H,23,29). The molecule has 0 unspecified atom stereocenters. The normalized spacial score (nSPS) is 11.4. The van der Waals surface area contributed by atoms with Gasteiger partial charge in [-0.05, 0) is 29.4 Å². The number of carbonyl (C=O) groups excluding carboxylic acids is 1. The number of nitrogens with one attached hydrogen (secondary N) is 1. The molecular weight excluding hydrogens is 388 g/mol. The molecule has 4 aromatic rings. The number of hydrogen-bond donors (Lipinski definition) is 3. The number of aromatic nitrogens is 5. The summed E-state index contributed by atoms with van der Waals surface area (Å²) in [4.78, 5) is 13.0. The van der Waals surface area contributed by atoms with Crippen LogP contribution < -0.4 is 11.2 Å². The largest absolute Gasteiger partial charge is 0.508 e. The SMILES string of the molecule is CC(=NNC(=O)c1c(-c2ccccc2)nnn1-c1nonc1N)c1cccc(O)c1. The van der Waals surface area contributed by atoms with E-state index in [0.29, 0.717) is 22.5 Å². The van der Waals surface area contributed by atoms with Crippen LogP contribution in [0.5, 0.6) is 5.75 Å². The fourth-order valence-electron chi connectivity index (χ4n) is 2.75. The highest BCUT2D eigenvalue weighted by atomic mass is 16.6. The zero-order valence-corrected chi connectivity index (χ0v) is 15.7. The molecule has 0 spiro atoms. The van der Waals surface area contributed by atoms with Crippen molar-refractivity contribution in [3.8, 4) is 22.8 Å². The first-order valence-corrected chi connectivity index (χ1v) is 8.78. The first-order valence-electron chi connectivity index (χ1n) is 8.78. The fourth-order valence-corrected chi connectivity index (χ4v) is 2.75. The van der Waals surface area contributed by atoms with Crippen molar-refractivity contribution in [3.05, 3.63) is 65.9 Å². The second-order valence-electron chi connectivity index (χ2n) is 6.23. The molecule has 0 aliphatic rings. The number of nitrogens with zero attached hydrogens (tertiary/aromatic N) is 6. The molecule has 0 saturated carbocycles. The molecule has 30 heavy (non-hydrogen) atoms. The number of hydrogen-bond acceptors (Lipinski definition) is 9. The van der Waals surface area contributed by atoms with Crippen LogP contribution in [0.25, 0.3) is 17.1 Å². The van der Waals surface area contributed by atoms with E-state index in [1.54, 1.807) is 37.3 Å². The van der Waals surface area contributed by atoms with E-state index in [-0.39, 0.29) is 23.1 Å². The maximum atomic E-state index is 13.0. The van der Waals surface area contributed by atoms with Gasteiger partial charge in [-0.1, -0.05) is 47.7 Å². The third kappa shape index (κ3) is 3.58. The number of benzene rings is 2. The number of phenolic OH excluding ortho intramolecular Hbond substituents is 1. The number of nitrogen functional groups attached to an aromatic ring is 1. The van der Waals surface area contributed by atoms with Crippen LogP contribution in [0.2, 0.25) is 0 Å². The van der Waals surface area contributed by atoms with Gasteiger partial charge < -0.3 is 10.8 Å².